The van der Waals surface area contributed by atoms with Gasteiger partial charge in [0, 0.05) is 69.9 Å². The molecule has 3 atom stereocenters. The van der Waals surface area contributed by atoms with E-state index in [-0.39, 0.29) is 31.2 Å². The average Bonchev–Trinajstić information content (AvgIpc) is 3.73. The number of halogens is 4. The SMILES string of the molecule is COc1ccc([C@@H]2CN(C3CCC(OC)CC3)C[C@@]2(F)C(=O)N2CC[C@@H](c3ccc(C(F)(F)F)cc3N3CCC(C(=O)O)CC3)C2)cc1. The summed E-state index contributed by atoms with van der Waals surface area (Å²) in [5.74, 6) is -2.33. The molecule has 1 amide bonds. The van der Waals surface area contributed by atoms with Gasteiger partial charge in [-0.2, -0.15) is 13.2 Å². The number of amides is 1. The van der Waals surface area contributed by atoms with E-state index in [0.717, 1.165) is 43.4 Å². The van der Waals surface area contributed by atoms with Crippen molar-refractivity contribution < 1.29 is 41.7 Å². The molecule has 12 heteroatoms. The minimum absolute atomic E-state index is 0.0178. The number of hydrogen-bond donors (Lipinski definition) is 1. The Balaban J connectivity index is 1.24. The topological polar surface area (TPSA) is 82.6 Å². The lowest BCUT2D eigenvalue weighted by Gasteiger charge is -2.35. The molecule has 3 aliphatic heterocycles. The molecule has 0 aromatic heterocycles. The molecule has 2 aromatic carbocycles. The van der Waals surface area contributed by atoms with E-state index in [9.17, 15) is 27.9 Å². The molecule has 0 radical (unpaired) electrons. The molecule has 0 unspecified atom stereocenters. The van der Waals surface area contributed by atoms with Gasteiger partial charge >= 0.3 is 12.1 Å². The van der Waals surface area contributed by atoms with Gasteiger partial charge in [-0.05, 0) is 80.3 Å². The zero-order valence-electron chi connectivity index (χ0n) is 27.6. The Morgan fingerprint density at radius 2 is 1.58 bits per heavy atom. The Bertz CT molecular complexity index is 1460. The molecule has 1 aliphatic carbocycles. The van der Waals surface area contributed by atoms with E-state index in [1.807, 2.05) is 17.0 Å². The summed E-state index contributed by atoms with van der Waals surface area (Å²) in [7, 11) is 3.28. The van der Waals surface area contributed by atoms with Gasteiger partial charge < -0.3 is 24.4 Å². The van der Waals surface area contributed by atoms with E-state index in [4.69, 9.17) is 9.47 Å². The second kappa shape index (κ2) is 13.9. The first kappa shape index (κ1) is 34.5. The van der Waals surface area contributed by atoms with Gasteiger partial charge in [0.15, 0.2) is 0 Å². The van der Waals surface area contributed by atoms with Crippen LogP contribution >= 0.6 is 0 Å². The highest BCUT2D eigenvalue weighted by Crippen LogP contribution is 2.46. The van der Waals surface area contributed by atoms with Crippen molar-refractivity contribution in [2.45, 2.75) is 80.8 Å². The Labute approximate surface area is 279 Å². The number of carbonyl (C=O) groups is 2. The van der Waals surface area contributed by atoms with Crippen LogP contribution in [0.5, 0.6) is 5.75 Å². The Morgan fingerprint density at radius 3 is 2.19 bits per heavy atom. The van der Waals surface area contributed by atoms with Crippen molar-refractivity contribution in [2.24, 2.45) is 5.92 Å². The van der Waals surface area contributed by atoms with E-state index < -0.39 is 41.1 Å². The number of carboxylic acid groups (broad SMARTS) is 1. The van der Waals surface area contributed by atoms with Crippen LogP contribution in [0, 0.1) is 5.92 Å². The number of benzene rings is 2. The highest BCUT2D eigenvalue weighted by Gasteiger charge is 2.57. The molecule has 8 nitrogen and oxygen atoms in total. The molecule has 48 heavy (non-hydrogen) atoms. The summed E-state index contributed by atoms with van der Waals surface area (Å²) in [6.07, 6.45) is 0.308. The minimum atomic E-state index is -4.54. The number of carboxylic acids is 1. The number of anilines is 1. The first-order chi connectivity index (χ1) is 22.9. The van der Waals surface area contributed by atoms with E-state index in [1.165, 1.54) is 6.07 Å². The second-order valence-corrected chi connectivity index (χ2v) is 13.9. The van der Waals surface area contributed by atoms with E-state index >= 15 is 4.39 Å². The van der Waals surface area contributed by atoms with Crippen LogP contribution in [0.2, 0.25) is 0 Å². The van der Waals surface area contributed by atoms with Crippen LogP contribution in [0.15, 0.2) is 42.5 Å². The molecule has 4 fully saturated rings. The molecule has 1 saturated carbocycles. The Morgan fingerprint density at radius 1 is 0.896 bits per heavy atom. The fourth-order valence-corrected chi connectivity index (χ4v) is 8.36. The number of piperidine rings is 1. The van der Waals surface area contributed by atoms with Crippen molar-refractivity contribution in [2.75, 3.05) is 58.4 Å². The third-order valence-corrected chi connectivity index (χ3v) is 11.2. The third kappa shape index (κ3) is 6.88. The van der Waals surface area contributed by atoms with Gasteiger partial charge in [-0.1, -0.05) is 18.2 Å². The number of carbonyl (C=O) groups excluding carboxylic acids is 1. The van der Waals surface area contributed by atoms with Gasteiger partial charge in [-0.3, -0.25) is 14.5 Å². The van der Waals surface area contributed by atoms with Gasteiger partial charge in [0.25, 0.3) is 5.91 Å². The molecular formula is C36H45F4N3O5. The standard InChI is InChI=1S/C36H45F4N3O5/c1-47-28-8-3-23(4-9-28)31-21-43(27-6-10-29(48-2)11-7-27)22-35(31,37)34(46)42-18-15-25(20-42)30-12-5-26(36(38,39)40)19-32(30)41-16-13-24(14-17-41)33(44)45/h3-5,8-9,12,19,24-25,27,29,31H,6-7,10-11,13-18,20-22H2,1-2H3,(H,44,45)/t25-,27?,29?,31+,35+/m1/s1. The summed E-state index contributed by atoms with van der Waals surface area (Å²) in [5, 5.41) is 9.44. The monoisotopic (exact) mass is 675 g/mol. The van der Waals surface area contributed by atoms with Gasteiger partial charge in [-0.15, -0.1) is 0 Å². The normalized spacial score (nSPS) is 29.0. The van der Waals surface area contributed by atoms with Crippen LogP contribution in [0.3, 0.4) is 0 Å². The summed E-state index contributed by atoms with van der Waals surface area (Å²) in [6, 6.07) is 11.1. The lowest BCUT2D eigenvalue weighted by Crippen LogP contribution is -2.50. The lowest BCUT2D eigenvalue weighted by molar-refractivity contribution is -0.143. The summed E-state index contributed by atoms with van der Waals surface area (Å²) >= 11 is 0. The average molecular weight is 676 g/mol. The number of likely N-dealkylation sites (tertiary alicyclic amines) is 2. The highest BCUT2D eigenvalue weighted by molar-refractivity contribution is 5.88. The van der Waals surface area contributed by atoms with Gasteiger partial charge in [-0.25, -0.2) is 4.39 Å². The number of hydrogen-bond acceptors (Lipinski definition) is 6. The third-order valence-electron chi connectivity index (χ3n) is 11.2. The smallest absolute Gasteiger partial charge is 0.416 e. The maximum atomic E-state index is 17.6. The lowest BCUT2D eigenvalue weighted by atomic mass is 9.85. The highest BCUT2D eigenvalue weighted by atomic mass is 19.4. The van der Waals surface area contributed by atoms with Gasteiger partial charge in [0.2, 0.25) is 5.67 Å². The fourth-order valence-electron chi connectivity index (χ4n) is 8.36. The molecule has 3 saturated heterocycles. The van der Waals surface area contributed by atoms with Crippen molar-refractivity contribution in [1.29, 1.82) is 0 Å². The molecule has 0 spiro atoms. The molecule has 4 aliphatic rings. The molecular weight excluding hydrogens is 630 g/mol. The first-order valence-corrected chi connectivity index (χ1v) is 17.0. The van der Waals surface area contributed by atoms with Crippen LogP contribution in [0.25, 0.3) is 0 Å². The zero-order chi connectivity index (χ0) is 34.2. The summed E-state index contributed by atoms with van der Waals surface area (Å²) in [5.41, 5.74) is -1.13. The van der Waals surface area contributed by atoms with Crippen LogP contribution in [0.1, 0.15) is 73.5 Å². The number of alkyl halides is 4. The van der Waals surface area contributed by atoms with Crippen LogP contribution in [-0.4, -0.2) is 98.1 Å². The summed E-state index contributed by atoms with van der Waals surface area (Å²) < 4.78 is 69.8. The van der Waals surface area contributed by atoms with Crippen LogP contribution in [-0.2, 0) is 20.5 Å². The van der Waals surface area contributed by atoms with Crippen LogP contribution < -0.4 is 9.64 Å². The second-order valence-electron chi connectivity index (χ2n) is 13.9. The predicted octanol–water partition coefficient (Wildman–Crippen LogP) is 6.10. The first-order valence-electron chi connectivity index (χ1n) is 17.0. The molecule has 3 heterocycles. The molecule has 0 bridgehead atoms. The molecule has 2 aromatic rings. The molecule has 6 rings (SSSR count). The van der Waals surface area contributed by atoms with E-state index in [0.29, 0.717) is 62.4 Å². The van der Waals surface area contributed by atoms with E-state index in [2.05, 4.69) is 4.90 Å². The molecule has 262 valence electrons. The number of methoxy groups -OCH3 is 2. The largest absolute Gasteiger partial charge is 0.497 e. The van der Waals surface area contributed by atoms with Gasteiger partial charge in [0.1, 0.15) is 5.75 Å². The fraction of sp³-hybridized carbons (Fsp3) is 0.611. The number of nitrogens with zero attached hydrogens (tertiary/aromatic N) is 3. The van der Waals surface area contributed by atoms with Crippen molar-refractivity contribution >= 4 is 17.6 Å². The molecule has 1 N–H and O–H groups in total. The van der Waals surface area contributed by atoms with Crippen molar-refractivity contribution in [3.63, 3.8) is 0 Å². The maximum Gasteiger partial charge on any atom is 0.416 e. The number of rotatable bonds is 8. The van der Waals surface area contributed by atoms with Crippen molar-refractivity contribution in [3.8, 4) is 5.75 Å². The Hall–Kier alpha value is -3.38. The quantitative estimate of drug-likeness (QED) is 0.339. The summed E-state index contributed by atoms with van der Waals surface area (Å²) in [4.78, 5) is 31.4. The Kier molecular flexibility index (Phi) is 9.95. The van der Waals surface area contributed by atoms with Crippen molar-refractivity contribution in [3.05, 3.63) is 59.2 Å². The minimum Gasteiger partial charge on any atom is -0.497 e. The summed E-state index contributed by atoms with van der Waals surface area (Å²) in [6.45, 7) is 1.52. The number of ether oxygens (including phenoxy) is 2. The van der Waals surface area contributed by atoms with Crippen molar-refractivity contribution in [1.82, 2.24) is 9.80 Å². The number of aliphatic carboxylic acids is 1. The predicted molar refractivity (Wildman–Crippen MR) is 172 cm³/mol. The zero-order valence-corrected chi connectivity index (χ0v) is 27.6. The maximum absolute atomic E-state index is 17.6. The van der Waals surface area contributed by atoms with Gasteiger partial charge in [0.05, 0.1) is 24.7 Å². The van der Waals surface area contributed by atoms with Crippen LogP contribution in [0.4, 0.5) is 23.2 Å². The van der Waals surface area contributed by atoms with E-state index in [1.54, 1.807) is 31.3 Å².